The summed E-state index contributed by atoms with van der Waals surface area (Å²) in [7, 11) is 0. The van der Waals surface area contributed by atoms with Crippen molar-refractivity contribution in [2.45, 2.75) is 13.0 Å². The van der Waals surface area contributed by atoms with Gasteiger partial charge in [-0.05, 0) is 24.6 Å². The van der Waals surface area contributed by atoms with E-state index in [4.69, 9.17) is 4.74 Å². The zero-order valence-corrected chi connectivity index (χ0v) is 11.7. The maximum absolute atomic E-state index is 10.6. The van der Waals surface area contributed by atoms with E-state index >= 15 is 0 Å². The fourth-order valence-electron chi connectivity index (χ4n) is 1.90. The first kappa shape index (κ1) is 15.0. The summed E-state index contributed by atoms with van der Waals surface area (Å²) >= 11 is 0. The molecule has 110 valence electrons. The molecule has 0 atom stereocenters. The molecule has 2 aromatic carbocycles. The van der Waals surface area contributed by atoms with Crippen LogP contribution in [0.5, 0.6) is 5.75 Å². The molecule has 0 bridgehead atoms. The first-order chi connectivity index (χ1) is 10.3. The van der Waals surface area contributed by atoms with Gasteiger partial charge in [0.05, 0.1) is 17.6 Å². The van der Waals surface area contributed by atoms with Gasteiger partial charge >= 0.3 is 0 Å². The standard InChI is InChI=1S/C16H18N2O3/c19-18(20)15-8-4-9-16(12-15)21-11-5-10-17-13-14-6-2-1-3-7-14/h1-4,6-9,12,17H,5,10-11,13H2. The van der Waals surface area contributed by atoms with Crippen LogP contribution in [0.2, 0.25) is 0 Å². The number of benzene rings is 2. The fraction of sp³-hybridized carbons (Fsp3) is 0.250. The molecule has 21 heavy (non-hydrogen) atoms. The van der Waals surface area contributed by atoms with Crippen LogP contribution < -0.4 is 10.1 Å². The maximum Gasteiger partial charge on any atom is 0.273 e. The molecule has 0 radical (unpaired) electrons. The lowest BCUT2D eigenvalue weighted by molar-refractivity contribution is -0.384. The van der Waals surface area contributed by atoms with Gasteiger partial charge in [0.25, 0.3) is 5.69 Å². The van der Waals surface area contributed by atoms with E-state index in [0.29, 0.717) is 12.4 Å². The second-order valence-electron chi connectivity index (χ2n) is 4.62. The Morgan fingerprint density at radius 2 is 1.90 bits per heavy atom. The molecule has 0 amide bonds. The topological polar surface area (TPSA) is 64.4 Å². The van der Waals surface area contributed by atoms with Crippen LogP contribution in [0.15, 0.2) is 54.6 Å². The SMILES string of the molecule is O=[N+]([O-])c1cccc(OCCCNCc2ccccc2)c1. The molecule has 1 N–H and O–H groups in total. The van der Waals surface area contributed by atoms with Gasteiger partial charge in [0.15, 0.2) is 0 Å². The number of nitro benzene ring substituents is 1. The molecule has 0 spiro atoms. The van der Waals surface area contributed by atoms with Crippen molar-refractivity contribution in [1.82, 2.24) is 5.32 Å². The van der Waals surface area contributed by atoms with Gasteiger partial charge in [-0.1, -0.05) is 36.4 Å². The molecule has 2 rings (SSSR count). The third-order valence-corrected chi connectivity index (χ3v) is 2.97. The average molecular weight is 286 g/mol. The molecule has 5 nitrogen and oxygen atoms in total. The highest BCUT2D eigenvalue weighted by molar-refractivity contribution is 5.37. The molecule has 5 heteroatoms. The molecular formula is C16H18N2O3. The van der Waals surface area contributed by atoms with E-state index in [-0.39, 0.29) is 5.69 Å². The summed E-state index contributed by atoms with van der Waals surface area (Å²) in [5.74, 6) is 0.534. The van der Waals surface area contributed by atoms with Gasteiger partial charge in [-0.25, -0.2) is 0 Å². The number of rotatable bonds is 8. The second kappa shape index (κ2) is 8.01. The Bertz CT molecular complexity index is 573. The first-order valence-corrected chi connectivity index (χ1v) is 6.87. The molecule has 0 aliphatic rings. The normalized spacial score (nSPS) is 10.3. The van der Waals surface area contributed by atoms with Crippen LogP contribution in [-0.4, -0.2) is 18.1 Å². The van der Waals surface area contributed by atoms with Gasteiger partial charge in [0.2, 0.25) is 0 Å². The zero-order valence-electron chi connectivity index (χ0n) is 11.7. The van der Waals surface area contributed by atoms with Gasteiger partial charge in [-0.2, -0.15) is 0 Å². The van der Waals surface area contributed by atoms with Crippen molar-refractivity contribution in [3.8, 4) is 5.75 Å². The predicted molar refractivity (Wildman–Crippen MR) is 81.4 cm³/mol. The average Bonchev–Trinajstić information content (AvgIpc) is 2.52. The lowest BCUT2D eigenvalue weighted by atomic mass is 10.2. The first-order valence-electron chi connectivity index (χ1n) is 6.87. The van der Waals surface area contributed by atoms with E-state index in [1.807, 2.05) is 18.2 Å². The minimum absolute atomic E-state index is 0.0507. The third kappa shape index (κ3) is 5.24. The van der Waals surface area contributed by atoms with Crippen LogP contribution in [0.4, 0.5) is 5.69 Å². The van der Waals surface area contributed by atoms with E-state index < -0.39 is 4.92 Å². The van der Waals surface area contributed by atoms with Crippen LogP contribution in [-0.2, 0) is 6.54 Å². The van der Waals surface area contributed by atoms with Crippen molar-refractivity contribution in [3.05, 3.63) is 70.3 Å². The van der Waals surface area contributed by atoms with Crippen LogP contribution in [0, 0.1) is 10.1 Å². The van der Waals surface area contributed by atoms with E-state index in [1.54, 1.807) is 12.1 Å². The summed E-state index contributed by atoms with van der Waals surface area (Å²) in [5.41, 5.74) is 1.30. The molecule has 0 heterocycles. The van der Waals surface area contributed by atoms with Crippen molar-refractivity contribution in [1.29, 1.82) is 0 Å². The van der Waals surface area contributed by atoms with Crippen LogP contribution in [0.25, 0.3) is 0 Å². The summed E-state index contributed by atoms with van der Waals surface area (Å²) < 4.78 is 5.50. The molecule has 0 aliphatic carbocycles. The van der Waals surface area contributed by atoms with Crippen molar-refractivity contribution in [2.24, 2.45) is 0 Å². The van der Waals surface area contributed by atoms with Crippen LogP contribution in [0.1, 0.15) is 12.0 Å². The maximum atomic E-state index is 10.6. The van der Waals surface area contributed by atoms with Crippen molar-refractivity contribution in [2.75, 3.05) is 13.2 Å². The number of hydrogen-bond acceptors (Lipinski definition) is 4. The van der Waals surface area contributed by atoms with Gasteiger partial charge in [-0.3, -0.25) is 10.1 Å². The largest absolute Gasteiger partial charge is 0.493 e. The molecule has 0 saturated carbocycles. The van der Waals surface area contributed by atoms with Crippen LogP contribution in [0.3, 0.4) is 0 Å². The molecule has 0 fully saturated rings. The Balaban J connectivity index is 1.64. The highest BCUT2D eigenvalue weighted by Gasteiger charge is 2.05. The number of hydrogen-bond donors (Lipinski definition) is 1. The Morgan fingerprint density at radius 3 is 2.67 bits per heavy atom. The highest BCUT2D eigenvalue weighted by Crippen LogP contribution is 2.18. The monoisotopic (exact) mass is 286 g/mol. The van der Waals surface area contributed by atoms with Gasteiger partial charge < -0.3 is 10.1 Å². The zero-order chi connectivity index (χ0) is 14.9. The third-order valence-electron chi connectivity index (χ3n) is 2.97. The van der Waals surface area contributed by atoms with Gasteiger partial charge in [0.1, 0.15) is 5.75 Å². The summed E-state index contributed by atoms with van der Waals surface area (Å²) in [6.45, 7) is 2.20. The quantitative estimate of drug-likeness (QED) is 0.460. The van der Waals surface area contributed by atoms with E-state index in [2.05, 4.69) is 17.4 Å². The summed E-state index contributed by atoms with van der Waals surface area (Å²) in [5, 5.41) is 14.0. The van der Waals surface area contributed by atoms with E-state index in [1.165, 1.54) is 17.7 Å². The Morgan fingerprint density at radius 1 is 1.10 bits per heavy atom. The summed E-state index contributed by atoms with van der Waals surface area (Å²) in [4.78, 5) is 10.2. The molecule has 0 aromatic heterocycles. The minimum atomic E-state index is -0.422. The number of nitro groups is 1. The summed E-state index contributed by atoms with van der Waals surface area (Å²) in [6.07, 6.45) is 0.843. The van der Waals surface area contributed by atoms with E-state index in [0.717, 1.165) is 19.5 Å². The van der Waals surface area contributed by atoms with Crippen molar-refractivity contribution in [3.63, 3.8) is 0 Å². The fourth-order valence-corrected chi connectivity index (χ4v) is 1.90. The Kier molecular flexibility index (Phi) is 5.72. The van der Waals surface area contributed by atoms with Crippen molar-refractivity contribution < 1.29 is 9.66 Å². The predicted octanol–water partition coefficient (Wildman–Crippen LogP) is 3.15. The molecule has 0 aliphatic heterocycles. The number of non-ortho nitro benzene ring substituents is 1. The molecule has 2 aromatic rings. The summed E-state index contributed by atoms with van der Waals surface area (Å²) in [6, 6.07) is 16.4. The lowest BCUT2D eigenvalue weighted by Crippen LogP contribution is -2.16. The Labute approximate surface area is 123 Å². The molecule has 0 saturated heterocycles. The number of nitrogens with zero attached hydrogens (tertiary/aromatic N) is 1. The molecule has 0 unspecified atom stereocenters. The van der Waals surface area contributed by atoms with E-state index in [9.17, 15) is 10.1 Å². The van der Waals surface area contributed by atoms with Crippen LogP contribution >= 0.6 is 0 Å². The smallest absolute Gasteiger partial charge is 0.273 e. The van der Waals surface area contributed by atoms with Crippen molar-refractivity contribution >= 4 is 5.69 Å². The minimum Gasteiger partial charge on any atom is -0.493 e. The lowest BCUT2D eigenvalue weighted by Gasteiger charge is -2.07. The Hall–Kier alpha value is -2.40. The highest BCUT2D eigenvalue weighted by atomic mass is 16.6. The number of ether oxygens (including phenoxy) is 1. The second-order valence-corrected chi connectivity index (χ2v) is 4.62. The number of nitrogens with one attached hydrogen (secondary N) is 1. The van der Waals surface area contributed by atoms with Gasteiger partial charge in [0, 0.05) is 12.6 Å². The molecular weight excluding hydrogens is 268 g/mol. The van der Waals surface area contributed by atoms with Gasteiger partial charge in [-0.15, -0.1) is 0 Å².